The highest BCUT2D eigenvalue weighted by Gasteiger charge is 2.30. The van der Waals surface area contributed by atoms with Gasteiger partial charge in [-0.25, -0.2) is 9.97 Å². The lowest BCUT2D eigenvalue weighted by Crippen LogP contribution is -2.13. The van der Waals surface area contributed by atoms with Crippen molar-refractivity contribution in [3.63, 3.8) is 0 Å². The number of hydrogen-bond acceptors (Lipinski definition) is 4. The molecule has 0 saturated heterocycles. The molecular weight excluding hydrogens is 319 g/mol. The summed E-state index contributed by atoms with van der Waals surface area (Å²) >= 11 is 0. The number of anilines is 1. The molecule has 0 amide bonds. The Kier molecular flexibility index (Phi) is 4.50. The Bertz CT molecular complexity index is 831. The van der Waals surface area contributed by atoms with Crippen molar-refractivity contribution < 1.29 is 17.9 Å². The van der Waals surface area contributed by atoms with Crippen molar-refractivity contribution in [1.29, 1.82) is 0 Å². The number of para-hydroxylation sites is 1. The molecule has 0 fully saturated rings. The molecular formula is C17H14F3N3O. The Labute approximate surface area is 136 Å². The molecule has 3 rings (SSSR count). The molecule has 0 aliphatic heterocycles. The van der Waals surface area contributed by atoms with Gasteiger partial charge in [-0.15, -0.1) is 0 Å². The molecule has 0 unspecified atom stereocenters. The molecule has 3 aromatic rings. The first-order chi connectivity index (χ1) is 11.5. The highest BCUT2D eigenvalue weighted by Crippen LogP contribution is 2.31. The predicted molar refractivity (Wildman–Crippen MR) is 85.0 cm³/mol. The molecule has 0 saturated carbocycles. The van der Waals surface area contributed by atoms with Crippen LogP contribution in [0.5, 0.6) is 5.75 Å². The molecule has 2 aromatic carbocycles. The summed E-state index contributed by atoms with van der Waals surface area (Å²) in [5, 5.41) is 3.98. The van der Waals surface area contributed by atoms with Gasteiger partial charge in [0.05, 0.1) is 17.6 Å². The summed E-state index contributed by atoms with van der Waals surface area (Å²) < 4.78 is 43.3. The minimum absolute atomic E-state index is 0.180. The normalized spacial score (nSPS) is 11.5. The van der Waals surface area contributed by atoms with E-state index in [0.29, 0.717) is 12.4 Å². The fraction of sp³-hybridized carbons (Fsp3) is 0.176. The molecule has 7 heteroatoms. The second kappa shape index (κ2) is 6.74. The third-order valence-corrected chi connectivity index (χ3v) is 3.37. The van der Waals surface area contributed by atoms with Crippen molar-refractivity contribution in [2.24, 2.45) is 0 Å². The van der Waals surface area contributed by atoms with Gasteiger partial charge in [0.2, 0.25) is 0 Å². The largest absolute Gasteiger partial charge is 0.492 e. The molecule has 0 radical (unpaired) electrons. The van der Waals surface area contributed by atoms with Crippen LogP contribution in [0.15, 0.2) is 54.9 Å². The van der Waals surface area contributed by atoms with Gasteiger partial charge in [0.15, 0.2) is 0 Å². The van der Waals surface area contributed by atoms with E-state index in [-0.39, 0.29) is 12.4 Å². The molecule has 24 heavy (non-hydrogen) atoms. The van der Waals surface area contributed by atoms with Crippen LogP contribution in [0.2, 0.25) is 0 Å². The topological polar surface area (TPSA) is 47.0 Å². The standard InChI is InChI=1S/C17H14F3N3O/c18-17(19,20)12-4-3-5-13(10-12)24-9-8-21-16-14-6-1-2-7-15(14)22-11-23-16/h1-7,10-11H,8-9H2,(H,21,22,23). The molecule has 0 bridgehead atoms. The minimum atomic E-state index is -4.38. The van der Waals surface area contributed by atoms with Gasteiger partial charge in [0.25, 0.3) is 0 Å². The number of alkyl halides is 3. The third-order valence-electron chi connectivity index (χ3n) is 3.37. The third kappa shape index (κ3) is 3.73. The average molecular weight is 333 g/mol. The minimum Gasteiger partial charge on any atom is -0.492 e. The lowest BCUT2D eigenvalue weighted by molar-refractivity contribution is -0.137. The SMILES string of the molecule is FC(F)(F)c1cccc(OCCNc2ncnc3ccccc23)c1. The maximum absolute atomic E-state index is 12.6. The van der Waals surface area contributed by atoms with Crippen LogP contribution in [0.4, 0.5) is 19.0 Å². The number of benzene rings is 2. The van der Waals surface area contributed by atoms with Gasteiger partial charge in [0.1, 0.15) is 24.5 Å². The highest BCUT2D eigenvalue weighted by molar-refractivity contribution is 5.88. The molecule has 0 aliphatic carbocycles. The Morgan fingerprint density at radius 1 is 1.00 bits per heavy atom. The van der Waals surface area contributed by atoms with E-state index in [1.54, 1.807) is 0 Å². The first-order valence-corrected chi connectivity index (χ1v) is 7.28. The molecule has 0 spiro atoms. The van der Waals surface area contributed by atoms with Crippen LogP contribution in [-0.4, -0.2) is 23.1 Å². The number of aromatic nitrogens is 2. The summed E-state index contributed by atoms with van der Waals surface area (Å²) in [6.45, 7) is 0.608. The zero-order valence-electron chi connectivity index (χ0n) is 12.5. The summed E-state index contributed by atoms with van der Waals surface area (Å²) in [6.07, 6.45) is -2.92. The van der Waals surface area contributed by atoms with Crippen LogP contribution in [0.3, 0.4) is 0 Å². The number of fused-ring (bicyclic) bond motifs is 1. The fourth-order valence-electron chi connectivity index (χ4n) is 2.25. The van der Waals surface area contributed by atoms with Crippen molar-refractivity contribution in [2.75, 3.05) is 18.5 Å². The zero-order chi connectivity index (χ0) is 17.0. The van der Waals surface area contributed by atoms with E-state index < -0.39 is 11.7 Å². The van der Waals surface area contributed by atoms with E-state index in [1.807, 2.05) is 24.3 Å². The Morgan fingerprint density at radius 2 is 1.83 bits per heavy atom. The van der Waals surface area contributed by atoms with Crippen LogP contribution < -0.4 is 10.1 Å². The number of ether oxygens (including phenoxy) is 1. The Hall–Kier alpha value is -2.83. The van der Waals surface area contributed by atoms with E-state index in [9.17, 15) is 13.2 Å². The predicted octanol–water partition coefficient (Wildman–Crippen LogP) is 4.14. The van der Waals surface area contributed by atoms with Crippen molar-refractivity contribution in [1.82, 2.24) is 9.97 Å². The molecule has 1 heterocycles. The summed E-state index contributed by atoms with van der Waals surface area (Å²) in [4.78, 5) is 8.33. The van der Waals surface area contributed by atoms with E-state index in [4.69, 9.17) is 4.74 Å². The summed E-state index contributed by atoms with van der Waals surface area (Å²) in [7, 11) is 0. The van der Waals surface area contributed by atoms with E-state index in [0.717, 1.165) is 23.0 Å². The first kappa shape index (κ1) is 16.0. The van der Waals surface area contributed by atoms with E-state index in [1.165, 1.54) is 18.5 Å². The summed E-state index contributed by atoms with van der Waals surface area (Å²) in [6, 6.07) is 12.4. The van der Waals surface area contributed by atoms with Crippen molar-refractivity contribution in [2.45, 2.75) is 6.18 Å². The van der Waals surface area contributed by atoms with Crippen LogP contribution in [0.25, 0.3) is 10.9 Å². The highest BCUT2D eigenvalue weighted by atomic mass is 19.4. The number of nitrogens with one attached hydrogen (secondary N) is 1. The lowest BCUT2D eigenvalue weighted by Gasteiger charge is -2.11. The van der Waals surface area contributed by atoms with Crippen LogP contribution in [-0.2, 0) is 6.18 Å². The Morgan fingerprint density at radius 3 is 2.67 bits per heavy atom. The van der Waals surface area contributed by atoms with Gasteiger partial charge in [0, 0.05) is 5.39 Å². The van der Waals surface area contributed by atoms with Crippen molar-refractivity contribution >= 4 is 16.7 Å². The number of nitrogens with zero attached hydrogens (tertiary/aromatic N) is 2. The number of hydrogen-bond donors (Lipinski definition) is 1. The molecule has 0 aliphatic rings. The molecule has 4 nitrogen and oxygen atoms in total. The first-order valence-electron chi connectivity index (χ1n) is 7.28. The van der Waals surface area contributed by atoms with Gasteiger partial charge in [-0.05, 0) is 30.3 Å². The molecule has 1 aromatic heterocycles. The summed E-state index contributed by atoms with van der Waals surface area (Å²) in [5.74, 6) is 0.840. The maximum Gasteiger partial charge on any atom is 0.416 e. The van der Waals surface area contributed by atoms with Crippen LogP contribution in [0.1, 0.15) is 5.56 Å². The van der Waals surface area contributed by atoms with Gasteiger partial charge < -0.3 is 10.1 Å². The quantitative estimate of drug-likeness (QED) is 0.713. The average Bonchev–Trinajstić information content (AvgIpc) is 2.58. The second-order valence-corrected chi connectivity index (χ2v) is 5.04. The van der Waals surface area contributed by atoms with E-state index >= 15 is 0 Å². The Balaban J connectivity index is 1.59. The molecule has 124 valence electrons. The van der Waals surface area contributed by atoms with Gasteiger partial charge >= 0.3 is 6.18 Å². The van der Waals surface area contributed by atoms with Gasteiger partial charge in [-0.3, -0.25) is 0 Å². The van der Waals surface area contributed by atoms with Crippen molar-refractivity contribution in [3.05, 3.63) is 60.4 Å². The zero-order valence-corrected chi connectivity index (χ0v) is 12.5. The van der Waals surface area contributed by atoms with Crippen molar-refractivity contribution in [3.8, 4) is 5.75 Å². The number of rotatable bonds is 5. The molecule has 1 N–H and O–H groups in total. The van der Waals surface area contributed by atoms with Gasteiger partial charge in [-0.1, -0.05) is 18.2 Å². The lowest BCUT2D eigenvalue weighted by atomic mass is 10.2. The monoisotopic (exact) mass is 333 g/mol. The van der Waals surface area contributed by atoms with Crippen LogP contribution in [0, 0.1) is 0 Å². The molecule has 0 atom stereocenters. The smallest absolute Gasteiger partial charge is 0.416 e. The second-order valence-electron chi connectivity index (χ2n) is 5.04. The van der Waals surface area contributed by atoms with E-state index in [2.05, 4.69) is 15.3 Å². The fourth-order valence-corrected chi connectivity index (χ4v) is 2.25. The van der Waals surface area contributed by atoms with Gasteiger partial charge in [-0.2, -0.15) is 13.2 Å². The number of halogens is 3. The maximum atomic E-state index is 12.6. The van der Waals surface area contributed by atoms with Crippen LogP contribution >= 0.6 is 0 Å². The summed E-state index contributed by atoms with van der Waals surface area (Å²) in [5.41, 5.74) is 0.0866.